The van der Waals surface area contributed by atoms with E-state index >= 15 is 0 Å². The molecule has 2 aromatic heterocycles. The zero-order valence-electron chi connectivity index (χ0n) is 10.9. The van der Waals surface area contributed by atoms with Gasteiger partial charge < -0.3 is 4.74 Å². The summed E-state index contributed by atoms with van der Waals surface area (Å²) in [5.41, 5.74) is 2.15. The molecule has 20 heavy (non-hydrogen) atoms. The van der Waals surface area contributed by atoms with Gasteiger partial charge in [0.1, 0.15) is 11.0 Å². The molecule has 1 aliphatic rings. The fourth-order valence-corrected chi connectivity index (χ4v) is 2.88. The summed E-state index contributed by atoms with van der Waals surface area (Å²) in [6.45, 7) is 0. The first-order valence-corrected chi connectivity index (χ1v) is 7.83. The Hall–Kier alpha value is -0.950. The third-order valence-corrected chi connectivity index (χ3v) is 4.87. The molecule has 104 valence electrons. The van der Waals surface area contributed by atoms with Crippen LogP contribution < -0.4 is 4.74 Å². The smallest absolute Gasteiger partial charge is 0.212 e. The van der Waals surface area contributed by atoms with Crippen LogP contribution in [0.25, 0.3) is 0 Å². The van der Waals surface area contributed by atoms with E-state index in [1.54, 1.807) is 13.3 Å². The third-order valence-electron chi connectivity index (χ3n) is 3.22. The number of nitrogens with zero attached hydrogens (tertiary/aromatic N) is 3. The summed E-state index contributed by atoms with van der Waals surface area (Å²) in [7, 11) is 1.60. The summed E-state index contributed by atoms with van der Waals surface area (Å²) in [5.74, 6) is 1.92. The average Bonchev–Trinajstić information content (AvgIpc) is 3.28. The molecule has 3 rings (SSSR count). The van der Waals surface area contributed by atoms with Gasteiger partial charge in [0.15, 0.2) is 0 Å². The fraction of sp³-hybridized carbons (Fsp3) is 0.357. The van der Waals surface area contributed by atoms with Crippen LogP contribution in [0.5, 0.6) is 5.88 Å². The van der Waals surface area contributed by atoms with Crippen LogP contribution in [0.2, 0.25) is 5.15 Å². The van der Waals surface area contributed by atoms with E-state index in [1.165, 1.54) is 12.8 Å². The van der Waals surface area contributed by atoms with Crippen LogP contribution in [0.3, 0.4) is 0 Å². The van der Waals surface area contributed by atoms with Gasteiger partial charge in [0.05, 0.1) is 16.4 Å². The van der Waals surface area contributed by atoms with Crippen molar-refractivity contribution in [2.24, 2.45) is 0 Å². The maximum Gasteiger partial charge on any atom is 0.212 e. The van der Waals surface area contributed by atoms with Gasteiger partial charge in [-0.05, 0) is 41.0 Å². The van der Waals surface area contributed by atoms with Gasteiger partial charge in [0.25, 0.3) is 0 Å². The van der Waals surface area contributed by atoms with Gasteiger partial charge in [0.2, 0.25) is 5.88 Å². The number of hydrogen-bond acceptors (Lipinski definition) is 4. The summed E-state index contributed by atoms with van der Waals surface area (Å²) in [5, 5.41) is 0.555. The lowest BCUT2D eigenvalue weighted by atomic mass is 10.2. The first-order chi connectivity index (χ1) is 9.67. The lowest BCUT2D eigenvalue weighted by molar-refractivity contribution is 0.397. The number of hydrogen-bond donors (Lipinski definition) is 0. The molecule has 0 spiro atoms. The Morgan fingerprint density at radius 1 is 1.35 bits per heavy atom. The highest BCUT2D eigenvalue weighted by molar-refractivity contribution is 14.1. The van der Waals surface area contributed by atoms with Crippen molar-refractivity contribution in [2.45, 2.75) is 25.2 Å². The Morgan fingerprint density at radius 2 is 2.15 bits per heavy atom. The van der Waals surface area contributed by atoms with Crippen molar-refractivity contribution < 1.29 is 4.74 Å². The monoisotopic (exact) mass is 401 g/mol. The molecule has 2 heterocycles. The number of halogens is 2. The summed E-state index contributed by atoms with van der Waals surface area (Å²) in [6.07, 6.45) is 4.82. The Kier molecular flexibility index (Phi) is 4.07. The van der Waals surface area contributed by atoms with Crippen molar-refractivity contribution in [1.82, 2.24) is 15.0 Å². The van der Waals surface area contributed by atoms with E-state index in [0.29, 0.717) is 23.4 Å². The Balaban J connectivity index is 1.86. The Labute approximate surface area is 136 Å². The second kappa shape index (κ2) is 5.81. The molecule has 6 heteroatoms. The first kappa shape index (κ1) is 14.0. The summed E-state index contributed by atoms with van der Waals surface area (Å²) in [6, 6.07) is 3.81. The normalized spacial score (nSPS) is 14.3. The number of pyridine rings is 1. The molecule has 0 aromatic carbocycles. The predicted octanol–water partition coefficient (Wildman–Crippen LogP) is 3.61. The quantitative estimate of drug-likeness (QED) is 0.580. The molecule has 0 bridgehead atoms. The highest BCUT2D eigenvalue weighted by Crippen LogP contribution is 2.42. The number of methoxy groups -OCH3 is 1. The van der Waals surface area contributed by atoms with Crippen LogP contribution in [0, 0.1) is 3.57 Å². The molecule has 1 saturated carbocycles. The van der Waals surface area contributed by atoms with Crippen LogP contribution >= 0.6 is 34.2 Å². The molecule has 0 saturated heterocycles. The summed E-state index contributed by atoms with van der Waals surface area (Å²) < 4.78 is 6.04. The number of ether oxygens (including phenoxy) is 1. The summed E-state index contributed by atoms with van der Waals surface area (Å²) in [4.78, 5) is 13.2. The third kappa shape index (κ3) is 3.03. The minimum absolute atomic E-state index is 0.555. The molecule has 0 atom stereocenters. The van der Waals surface area contributed by atoms with E-state index in [4.69, 9.17) is 16.3 Å². The number of aromatic nitrogens is 3. The summed E-state index contributed by atoms with van der Waals surface area (Å²) >= 11 is 8.44. The standard InChI is InChI=1S/C14H13ClIN3O/c1-20-11-5-2-8(7-17-11)6-10-18-13(9-3-4-9)12(16)14(15)19-10/h2,5,7,9H,3-4,6H2,1H3. The van der Waals surface area contributed by atoms with Crippen LogP contribution in [0.4, 0.5) is 0 Å². The fourth-order valence-electron chi connectivity index (χ4n) is 2.01. The maximum absolute atomic E-state index is 6.21. The van der Waals surface area contributed by atoms with Crippen molar-refractivity contribution in [2.75, 3.05) is 7.11 Å². The van der Waals surface area contributed by atoms with Gasteiger partial charge in [-0.1, -0.05) is 17.7 Å². The largest absolute Gasteiger partial charge is 0.481 e. The minimum Gasteiger partial charge on any atom is -0.481 e. The van der Waals surface area contributed by atoms with E-state index in [9.17, 15) is 0 Å². The molecular formula is C14H13ClIN3O. The molecule has 0 unspecified atom stereocenters. The lowest BCUT2D eigenvalue weighted by Gasteiger charge is -2.07. The molecule has 0 amide bonds. The average molecular weight is 402 g/mol. The van der Waals surface area contributed by atoms with Crippen LogP contribution in [0.1, 0.15) is 35.8 Å². The highest BCUT2D eigenvalue weighted by Gasteiger charge is 2.29. The second-order valence-electron chi connectivity index (χ2n) is 4.79. The molecule has 0 N–H and O–H groups in total. The van der Waals surface area contributed by atoms with E-state index in [-0.39, 0.29) is 0 Å². The highest BCUT2D eigenvalue weighted by atomic mass is 127. The molecule has 0 radical (unpaired) electrons. The molecule has 2 aromatic rings. The Morgan fingerprint density at radius 3 is 2.75 bits per heavy atom. The topological polar surface area (TPSA) is 47.9 Å². The van der Waals surface area contributed by atoms with E-state index < -0.39 is 0 Å². The Bertz CT molecular complexity index is 629. The van der Waals surface area contributed by atoms with Gasteiger partial charge in [-0.25, -0.2) is 15.0 Å². The van der Waals surface area contributed by atoms with Crippen molar-refractivity contribution in [3.63, 3.8) is 0 Å². The van der Waals surface area contributed by atoms with Gasteiger partial charge in [-0.3, -0.25) is 0 Å². The predicted molar refractivity (Wildman–Crippen MR) is 85.3 cm³/mol. The molecule has 1 fully saturated rings. The van der Waals surface area contributed by atoms with Crippen molar-refractivity contribution >= 4 is 34.2 Å². The van der Waals surface area contributed by atoms with Gasteiger partial charge in [-0.2, -0.15) is 0 Å². The second-order valence-corrected chi connectivity index (χ2v) is 6.23. The van der Waals surface area contributed by atoms with Crippen LogP contribution in [0.15, 0.2) is 18.3 Å². The zero-order chi connectivity index (χ0) is 14.1. The van der Waals surface area contributed by atoms with Gasteiger partial charge in [-0.15, -0.1) is 0 Å². The van der Waals surface area contributed by atoms with Gasteiger partial charge >= 0.3 is 0 Å². The first-order valence-electron chi connectivity index (χ1n) is 6.38. The zero-order valence-corrected chi connectivity index (χ0v) is 13.8. The molecular weight excluding hydrogens is 389 g/mol. The molecule has 1 aliphatic carbocycles. The SMILES string of the molecule is COc1ccc(Cc2nc(Cl)c(I)c(C3CC3)n2)cn1. The van der Waals surface area contributed by atoms with Crippen LogP contribution in [-0.2, 0) is 6.42 Å². The molecule has 0 aliphatic heterocycles. The van der Waals surface area contributed by atoms with Crippen molar-refractivity contribution in [3.8, 4) is 5.88 Å². The van der Waals surface area contributed by atoms with E-state index in [2.05, 4.69) is 37.5 Å². The molecule has 4 nitrogen and oxygen atoms in total. The van der Waals surface area contributed by atoms with E-state index in [1.807, 2.05) is 12.1 Å². The van der Waals surface area contributed by atoms with Crippen molar-refractivity contribution in [1.29, 1.82) is 0 Å². The van der Waals surface area contributed by atoms with Crippen LogP contribution in [-0.4, -0.2) is 22.1 Å². The lowest BCUT2D eigenvalue weighted by Crippen LogP contribution is -2.04. The van der Waals surface area contributed by atoms with Crippen molar-refractivity contribution in [3.05, 3.63) is 44.1 Å². The minimum atomic E-state index is 0.555. The number of rotatable bonds is 4. The van der Waals surface area contributed by atoms with E-state index in [0.717, 1.165) is 20.7 Å². The maximum atomic E-state index is 6.21. The van der Waals surface area contributed by atoms with Gasteiger partial charge in [0, 0.05) is 24.6 Å².